The molecule has 3 aliphatic heterocycles. The molecule has 0 radical (unpaired) electrons. The maximum Gasteiger partial charge on any atom is 0.335 e. The monoisotopic (exact) mass is 472 g/mol. The Morgan fingerprint density at radius 3 is 2.06 bits per heavy atom. The third-order valence-electron chi connectivity index (χ3n) is 5.54. The first-order valence-electron chi connectivity index (χ1n) is 9.78. The zero-order valence-electron chi connectivity index (χ0n) is 16.9. The minimum absolute atomic E-state index is 0.355. The van der Waals surface area contributed by atoms with Gasteiger partial charge in [-0.3, -0.25) is 0 Å². The van der Waals surface area contributed by atoms with Gasteiger partial charge in [-0.05, 0) is 0 Å². The van der Waals surface area contributed by atoms with E-state index in [9.17, 15) is 45.6 Å². The molecule has 3 saturated heterocycles. The Morgan fingerprint density at radius 2 is 1.44 bits per heavy atom. The van der Waals surface area contributed by atoms with E-state index in [4.69, 9.17) is 28.4 Å². The summed E-state index contributed by atoms with van der Waals surface area (Å²) in [6.07, 6.45) is -20.9. The predicted molar refractivity (Wildman–Crippen MR) is 94.6 cm³/mol. The molecule has 8 N–H and O–H groups in total. The Labute approximate surface area is 181 Å². The summed E-state index contributed by atoms with van der Waals surface area (Å²) in [6, 6.07) is 0. The number of hydrogen-bond acceptors (Lipinski definition) is 14. The number of ether oxygens (including phenoxy) is 6. The smallest absolute Gasteiger partial charge is 0.335 e. The molecule has 3 heterocycles. The van der Waals surface area contributed by atoms with E-state index in [1.54, 1.807) is 0 Å². The van der Waals surface area contributed by atoms with Gasteiger partial charge in [0.1, 0.15) is 54.9 Å². The third kappa shape index (κ3) is 5.05. The van der Waals surface area contributed by atoms with Crippen LogP contribution in [0.1, 0.15) is 0 Å². The Bertz CT molecular complexity index is 635. The molecule has 13 atom stereocenters. The number of carboxylic acids is 1. The Morgan fingerprint density at radius 1 is 0.781 bits per heavy atom. The minimum Gasteiger partial charge on any atom is -0.479 e. The molecule has 0 bridgehead atoms. The predicted octanol–water partition coefficient (Wildman–Crippen LogP) is -5.55. The van der Waals surface area contributed by atoms with E-state index in [1.807, 2.05) is 0 Å². The standard InChI is InChI=1S/C17H28O15/c1-27-11-8(21)10(23)17(32-13(11)14(24)25)31-12-7(20)5(3-28-15(12)26)30-16-9(22)6(19)4(18)2-29-16/h4-13,15-23,26H,2-3H2,1H3,(H,24,25)/t4-,5-,6+,7+,8-,9-,10-,11+,12-,13+,15-,16+,17+/m1/s1. The lowest BCUT2D eigenvalue weighted by Gasteiger charge is -2.45. The minimum atomic E-state index is -1.81. The number of carboxylic acid groups (broad SMARTS) is 1. The fourth-order valence-electron chi connectivity index (χ4n) is 3.67. The fourth-order valence-corrected chi connectivity index (χ4v) is 3.67. The van der Waals surface area contributed by atoms with Crippen LogP contribution in [0, 0.1) is 0 Å². The van der Waals surface area contributed by atoms with Crippen molar-refractivity contribution in [3.63, 3.8) is 0 Å². The van der Waals surface area contributed by atoms with Gasteiger partial charge in [-0.25, -0.2) is 4.79 Å². The Hall–Kier alpha value is -1.05. The van der Waals surface area contributed by atoms with Crippen molar-refractivity contribution in [2.45, 2.75) is 79.9 Å². The van der Waals surface area contributed by atoms with Crippen LogP contribution < -0.4 is 0 Å². The second-order valence-corrected chi connectivity index (χ2v) is 7.68. The average Bonchev–Trinajstić information content (AvgIpc) is 2.75. The molecule has 0 unspecified atom stereocenters. The average molecular weight is 472 g/mol. The maximum atomic E-state index is 11.4. The van der Waals surface area contributed by atoms with Crippen LogP contribution in [0.4, 0.5) is 0 Å². The van der Waals surface area contributed by atoms with E-state index in [1.165, 1.54) is 0 Å². The van der Waals surface area contributed by atoms with Gasteiger partial charge in [0.15, 0.2) is 25.0 Å². The summed E-state index contributed by atoms with van der Waals surface area (Å²) in [4.78, 5) is 11.4. The quantitative estimate of drug-likeness (QED) is 0.180. The van der Waals surface area contributed by atoms with Crippen molar-refractivity contribution in [2.24, 2.45) is 0 Å². The molecule has 186 valence electrons. The number of methoxy groups -OCH3 is 1. The summed E-state index contributed by atoms with van der Waals surface area (Å²) < 4.78 is 31.0. The molecule has 0 aliphatic carbocycles. The van der Waals surface area contributed by atoms with Crippen LogP contribution in [0.3, 0.4) is 0 Å². The molecular weight excluding hydrogens is 444 g/mol. The van der Waals surface area contributed by atoms with Gasteiger partial charge in [0, 0.05) is 7.11 Å². The Balaban J connectivity index is 1.68. The number of rotatable bonds is 6. The number of aliphatic hydroxyl groups is 7. The van der Waals surface area contributed by atoms with Crippen LogP contribution in [0.2, 0.25) is 0 Å². The van der Waals surface area contributed by atoms with E-state index < -0.39 is 92.5 Å². The maximum absolute atomic E-state index is 11.4. The molecule has 0 aromatic carbocycles. The number of aliphatic carboxylic acids is 1. The van der Waals surface area contributed by atoms with Crippen LogP contribution in [-0.4, -0.2) is 147 Å². The van der Waals surface area contributed by atoms with Gasteiger partial charge in [-0.1, -0.05) is 0 Å². The lowest BCUT2D eigenvalue weighted by molar-refractivity contribution is -0.363. The molecule has 0 saturated carbocycles. The lowest BCUT2D eigenvalue weighted by atomic mass is 9.98. The van der Waals surface area contributed by atoms with Crippen molar-refractivity contribution in [3.8, 4) is 0 Å². The van der Waals surface area contributed by atoms with Crippen molar-refractivity contribution in [2.75, 3.05) is 20.3 Å². The zero-order chi connectivity index (χ0) is 23.7. The first kappa shape index (κ1) is 25.6. The van der Waals surface area contributed by atoms with Crippen LogP contribution in [0.5, 0.6) is 0 Å². The second-order valence-electron chi connectivity index (χ2n) is 7.68. The highest BCUT2D eigenvalue weighted by Gasteiger charge is 2.52. The number of carbonyl (C=O) groups is 1. The van der Waals surface area contributed by atoms with Gasteiger partial charge in [0.05, 0.1) is 13.2 Å². The van der Waals surface area contributed by atoms with Crippen LogP contribution >= 0.6 is 0 Å². The van der Waals surface area contributed by atoms with Gasteiger partial charge in [0.2, 0.25) is 0 Å². The molecule has 15 nitrogen and oxygen atoms in total. The van der Waals surface area contributed by atoms with Gasteiger partial charge < -0.3 is 69.3 Å². The van der Waals surface area contributed by atoms with E-state index in [2.05, 4.69) is 0 Å². The fraction of sp³-hybridized carbons (Fsp3) is 0.941. The largest absolute Gasteiger partial charge is 0.479 e. The number of hydrogen-bond donors (Lipinski definition) is 8. The molecular formula is C17H28O15. The van der Waals surface area contributed by atoms with E-state index in [0.29, 0.717) is 0 Å². The molecule has 3 aliphatic rings. The highest BCUT2D eigenvalue weighted by Crippen LogP contribution is 2.29. The van der Waals surface area contributed by atoms with Crippen molar-refractivity contribution in [1.82, 2.24) is 0 Å². The van der Waals surface area contributed by atoms with Crippen molar-refractivity contribution >= 4 is 5.97 Å². The highest BCUT2D eigenvalue weighted by atomic mass is 16.7. The zero-order valence-corrected chi connectivity index (χ0v) is 16.9. The summed E-state index contributed by atoms with van der Waals surface area (Å²) in [5.74, 6) is -1.51. The summed E-state index contributed by atoms with van der Waals surface area (Å²) in [5.41, 5.74) is 0. The first-order valence-corrected chi connectivity index (χ1v) is 9.78. The summed E-state index contributed by atoms with van der Waals surface area (Å²) in [6.45, 7) is -0.750. The van der Waals surface area contributed by atoms with Crippen molar-refractivity contribution in [3.05, 3.63) is 0 Å². The summed E-state index contributed by atoms with van der Waals surface area (Å²) in [7, 11) is 1.11. The number of aliphatic hydroxyl groups excluding tert-OH is 7. The van der Waals surface area contributed by atoms with Crippen molar-refractivity contribution in [1.29, 1.82) is 0 Å². The molecule has 0 spiro atoms. The SMILES string of the molecule is CO[C@H]1[C@H](O)[C@@H](O)[C@@H](O[C@@H]2[C@@H](O)[C@H](O[C@@H]3OC[C@@H](O)[C@H](O)[C@H]3O)CO[C@H]2O)O[C@@H]1C(=O)O. The summed E-state index contributed by atoms with van der Waals surface area (Å²) in [5, 5.41) is 79.6. The normalized spacial score (nSPS) is 50.2. The lowest BCUT2D eigenvalue weighted by Crippen LogP contribution is -2.64. The van der Waals surface area contributed by atoms with Gasteiger partial charge in [-0.2, -0.15) is 0 Å². The summed E-state index contributed by atoms with van der Waals surface area (Å²) >= 11 is 0. The molecule has 0 aromatic rings. The van der Waals surface area contributed by atoms with Crippen molar-refractivity contribution < 1.29 is 74.1 Å². The molecule has 32 heavy (non-hydrogen) atoms. The van der Waals surface area contributed by atoms with Crippen LogP contribution in [-0.2, 0) is 33.2 Å². The van der Waals surface area contributed by atoms with Crippen LogP contribution in [0.25, 0.3) is 0 Å². The van der Waals surface area contributed by atoms with Gasteiger partial charge in [-0.15, -0.1) is 0 Å². The molecule has 3 fully saturated rings. The molecule has 0 amide bonds. The van der Waals surface area contributed by atoms with E-state index >= 15 is 0 Å². The molecule has 0 aromatic heterocycles. The van der Waals surface area contributed by atoms with Gasteiger partial charge in [0.25, 0.3) is 0 Å². The third-order valence-corrected chi connectivity index (χ3v) is 5.54. The first-order chi connectivity index (χ1) is 15.1. The van der Waals surface area contributed by atoms with Gasteiger partial charge >= 0.3 is 5.97 Å². The Kier molecular flexibility index (Phi) is 8.37. The van der Waals surface area contributed by atoms with Crippen LogP contribution in [0.15, 0.2) is 0 Å². The highest BCUT2D eigenvalue weighted by molar-refractivity contribution is 5.73. The van der Waals surface area contributed by atoms with E-state index in [0.717, 1.165) is 7.11 Å². The second kappa shape index (κ2) is 10.5. The topological polar surface area (TPSA) is 234 Å². The van der Waals surface area contributed by atoms with E-state index in [-0.39, 0.29) is 6.61 Å². The molecule has 15 heteroatoms. The molecule has 3 rings (SSSR count).